The topological polar surface area (TPSA) is 111 Å². The Labute approximate surface area is 191 Å². The zero-order valence-electron chi connectivity index (χ0n) is 18.4. The molecule has 1 aliphatic carbocycles. The van der Waals surface area contributed by atoms with E-state index in [2.05, 4.69) is 16.3 Å². The molecule has 0 radical (unpaired) electrons. The molecule has 1 atom stereocenters. The van der Waals surface area contributed by atoms with Gasteiger partial charge in [-0.25, -0.2) is 9.78 Å². The minimum absolute atomic E-state index is 0.151. The van der Waals surface area contributed by atoms with Gasteiger partial charge < -0.3 is 15.3 Å². The van der Waals surface area contributed by atoms with Crippen LogP contribution >= 0.6 is 0 Å². The molecule has 8 heteroatoms. The van der Waals surface area contributed by atoms with Gasteiger partial charge >= 0.3 is 5.97 Å². The number of aromatic carboxylic acids is 1. The van der Waals surface area contributed by atoms with Crippen molar-refractivity contribution in [2.24, 2.45) is 5.41 Å². The quantitative estimate of drug-likeness (QED) is 0.617. The standard InChI is InChI=1S/C25H25N5O3/c1-16(27-20-5-3-2-4-18(20)24(32)33)19-12-17(14-26)15-30-22(31)13-21(28-23(19)30)29-10-8-25(6-7-25)9-11-29/h2-5,12-13,15-16,27H,6-11H2,1H3,(H,32,33)/t16-/m1/s1. The van der Waals surface area contributed by atoms with Gasteiger partial charge in [0.25, 0.3) is 5.56 Å². The van der Waals surface area contributed by atoms with E-state index < -0.39 is 12.0 Å². The number of hydrogen-bond acceptors (Lipinski definition) is 6. The maximum atomic E-state index is 13.0. The van der Waals surface area contributed by atoms with E-state index in [9.17, 15) is 20.0 Å². The number of anilines is 2. The van der Waals surface area contributed by atoms with E-state index in [0.717, 1.165) is 25.9 Å². The van der Waals surface area contributed by atoms with Crippen molar-refractivity contribution in [2.45, 2.75) is 38.6 Å². The summed E-state index contributed by atoms with van der Waals surface area (Å²) in [6.07, 6.45) is 6.36. The van der Waals surface area contributed by atoms with E-state index in [4.69, 9.17) is 4.98 Å². The first-order valence-electron chi connectivity index (χ1n) is 11.2. The number of nitrogens with one attached hydrogen (secondary N) is 1. The van der Waals surface area contributed by atoms with E-state index >= 15 is 0 Å². The van der Waals surface area contributed by atoms with Crippen molar-refractivity contribution in [2.75, 3.05) is 23.3 Å². The van der Waals surface area contributed by atoms with Gasteiger partial charge in [-0.15, -0.1) is 0 Å². The SMILES string of the molecule is C[C@@H](Nc1ccccc1C(=O)O)c1cc(C#N)cn2c(=O)cc(N3CCC4(CC3)CC4)nc12. The maximum Gasteiger partial charge on any atom is 0.337 e. The van der Waals surface area contributed by atoms with E-state index in [0.29, 0.717) is 33.7 Å². The first kappa shape index (κ1) is 21.0. The van der Waals surface area contributed by atoms with Crippen molar-refractivity contribution in [1.82, 2.24) is 9.38 Å². The van der Waals surface area contributed by atoms with Crippen LogP contribution < -0.4 is 15.8 Å². The van der Waals surface area contributed by atoms with Gasteiger partial charge in [-0.1, -0.05) is 12.1 Å². The molecule has 3 heterocycles. The molecule has 2 N–H and O–H groups in total. The van der Waals surface area contributed by atoms with Crippen LogP contribution in [0.3, 0.4) is 0 Å². The van der Waals surface area contributed by atoms with Gasteiger partial charge in [0, 0.05) is 36.6 Å². The van der Waals surface area contributed by atoms with Crippen LogP contribution in [0.15, 0.2) is 47.4 Å². The summed E-state index contributed by atoms with van der Waals surface area (Å²) in [6, 6.07) is 11.6. The number of benzene rings is 1. The lowest BCUT2D eigenvalue weighted by atomic mass is 9.94. The van der Waals surface area contributed by atoms with Crippen LogP contribution in [0.25, 0.3) is 5.65 Å². The highest BCUT2D eigenvalue weighted by atomic mass is 16.4. The summed E-state index contributed by atoms with van der Waals surface area (Å²) in [5.41, 5.74) is 2.35. The van der Waals surface area contributed by atoms with Crippen molar-refractivity contribution < 1.29 is 9.90 Å². The number of nitrogens with zero attached hydrogens (tertiary/aromatic N) is 4. The Kier molecular flexibility index (Phi) is 5.05. The molecular formula is C25H25N5O3. The normalized spacial score (nSPS) is 17.5. The molecule has 1 aromatic carbocycles. The lowest BCUT2D eigenvalue weighted by Crippen LogP contribution is -2.36. The Morgan fingerprint density at radius 1 is 1.21 bits per heavy atom. The average molecular weight is 444 g/mol. The number of fused-ring (bicyclic) bond motifs is 1. The van der Waals surface area contributed by atoms with Crippen LogP contribution in [0.1, 0.15) is 60.1 Å². The van der Waals surface area contributed by atoms with Crippen LogP contribution in [0.2, 0.25) is 0 Å². The molecule has 2 aromatic heterocycles. The second-order valence-electron chi connectivity index (χ2n) is 9.15. The minimum Gasteiger partial charge on any atom is -0.478 e. The Morgan fingerprint density at radius 2 is 1.94 bits per heavy atom. The first-order chi connectivity index (χ1) is 15.9. The van der Waals surface area contributed by atoms with Crippen molar-refractivity contribution in [3.8, 4) is 6.07 Å². The van der Waals surface area contributed by atoms with E-state index in [1.165, 1.54) is 29.5 Å². The van der Waals surface area contributed by atoms with Gasteiger partial charge in [0.05, 0.1) is 17.2 Å². The number of carboxylic acids is 1. The summed E-state index contributed by atoms with van der Waals surface area (Å²) in [4.78, 5) is 31.7. The number of rotatable bonds is 5. The van der Waals surface area contributed by atoms with E-state index in [-0.39, 0.29) is 11.1 Å². The molecule has 0 amide bonds. The molecule has 5 rings (SSSR count). The highest BCUT2D eigenvalue weighted by molar-refractivity contribution is 5.94. The van der Waals surface area contributed by atoms with Crippen LogP contribution in [-0.2, 0) is 0 Å². The fraction of sp³-hybridized carbons (Fsp3) is 0.360. The van der Waals surface area contributed by atoms with Crippen molar-refractivity contribution in [3.63, 3.8) is 0 Å². The molecule has 8 nitrogen and oxygen atoms in total. The largest absolute Gasteiger partial charge is 0.478 e. The summed E-state index contributed by atoms with van der Waals surface area (Å²) in [5.74, 6) is -0.379. The minimum atomic E-state index is -1.03. The van der Waals surface area contributed by atoms with Crippen molar-refractivity contribution >= 4 is 23.1 Å². The average Bonchev–Trinajstić information content (AvgIpc) is 3.57. The smallest absolute Gasteiger partial charge is 0.337 e. The molecule has 1 aliphatic heterocycles. The predicted octanol–water partition coefficient (Wildman–Crippen LogP) is 3.82. The number of pyridine rings is 1. The summed E-state index contributed by atoms with van der Waals surface area (Å²) in [7, 11) is 0. The predicted molar refractivity (Wildman–Crippen MR) is 125 cm³/mol. The molecule has 1 spiro atoms. The lowest BCUT2D eigenvalue weighted by molar-refractivity contribution is 0.0698. The highest BCUT2D eigenvalue weighted by Crippen LogP contribution is 2.53. The van der Waals surface area contributed by atoms with Crippen LogP contribution in [0, 0.1) is 16.7 Å². The third-order valence-corrected chi connectivity index (χ3v) is 7.01. The molecule has 33 heavy (non-hydrogen) atoms. The first-order valence-corrected chi connectivity index (χ1v) is 11.2. The van der Waals surface area contributed by atoms with Crippen LogP contribution in [0.4, 0.5) is 11.5 Å². The molecule has 1 saturated heterocycles. The third-order valence-electron chi connectivity index (χ3n) is 7.01. The number of hydrogen-bond donors (Lipinski definition) is 2. The van der Waals surface area contributed by atoms with E-state index in [1.54, 1.807) is 30.3 Å². The monoisotopic (exact) mass is 443 g/mol. The van der Waals surface area contributed by atoms with Gasteiger partial charge in [0.15, 0.2) is 0 Å². The number of nitriles is 1. The Balaban J connectivity index is 1.55. The van der Waals surface area contributed by atoms with Crippen LogP contribution in [-0.4, -0.2) is 33.6 Å². The second-order valence-corrected chi connectivity index (χ2v) is 9.15. The summed E-state index contributed by atoms with van der Waals surface area (Å²) in [6.45, 7) is 3.63. The molecule has 2 aliphatic rings. The zero-order valence-corrected chi connectivity index (χ0v) is 18.4. The van der Waals surface area contributed by atoms with Gasteiger partial charge in [-0.3, -0.25) is 9.20 Å². The number of carboxylic acid groups (broad SMARTS) is 1. The highest BCUT2D eigenvalue weighted by Gasteiger charge is 2.44. The van der Waals surface area contributed by atoms with Gasteiger partial charge in [-0.05, 0) is 56.2 Å². The maximum absolute atomic E-state index is 13.0. The molecule has 1 saturated carbocycles. The molecule has 3 aromatic rings. The number of piperidine rings is 1. The molecule has 0 unspecified atom stereocenters. The van der Waals surface area contributed by atoms with Crippen LogP contribution in [0.5, 0.6) is 0 Å². The van der Waals surface area contributed by atoms with Gasteiger partial charge in [0.2, 0.25) is 0 Å². The third kappa shape index (κ3) is 3.91. The Bertz CT molecular complexity index is 1340. The van der Waals surface area contributed by atoms with Gasteiger partial charge in [0.1, 0.15) is 17.5 Å². The fourth-order valence-corrected chi connectivity index (χ4v) is 4.75. The summed E-state index contributed by atoms with van der Waals surface area (Å²) in [5, 5.41) is 22.3. The lowest BCUT2D eigenvalue weighted by Gasteiger charge is -2.33. The van der Waals surface area contributed by atoms with Gasteiger partial charge in [-0.2, -0.15) is 5.26 Å². The van der Waals surface area contributed by atoms with Crippen molar-refractivity contribution in [1.29, 1.82) is 5.26 Å². The molecule has 2 fully saturated rings. The Hall–Kier alpha value is -3.86. The molecule has 0 bridgehead atoms. The number of carbonyl (C=O) groups is 1. The zero-order chi connectivity index (χ0) is 23.2. The Morgan fingerprint density at radius 3 is 2.61 bits per heavy atom. The van der Waals surface area contributed by atoms with E-state index in [1.807, 2.05) is 6.92 Å². The number of para-hydroxylation sites is 1. The summed E-state index contributed by atoms with van der Waals surface area (Å²) < 4.78 is 1.41. The molecular weight excluding hydrogens is 418 g/mol. The summed E-state index contributed by atoms with van der Waals surface area (Å²) >= 11 is 0. The molecule has 168 valence electrons. The fourth-order valence-electron chi connectivity index (χ4n) is 4.75. The second kappa shape index (κ2) is 7.93. The van der Waals surface area contributed by atoms with Crippen molar-refractivity contribution in [3.05, 3.63) is 69.6 Å². The number of aromatic nitrogens is 2.